The first-order valence-electron chi connectivity index (χ1n) is 10.9. The number of hydrogen-bond acceptors (Lipinski definition) is 3. The summed E-state index contributed by atoms with van der Waals surface area (Å²) in [6.07, 6.45) is 0.385. The minimum Gasteiger partial charge on any atom is -0.484 e. The molecule has 0 aliphatic carbocycles. The van der Waals surface area contributed by atoms with Gasteiger partial charge in [0, 0.05) is 25.0 Å². The van der Waals surface area contributed by atoms with Gasteiger partial charge in [0.1, 0.15) is 11.8 Å². The molecule has 0 spiro atoms. The van der Waals surface area contributed by atoms with Crippen molar-refractivity contribution in [1.29, 1.82) is 0 Å². The van der Waals surface area contributed by atoms with Crippen LogP contribution in [0.2, 0.25) is 5.02 Å². The molecule has 3 aromatic rings. The highest BCUT2D eigenvalue weighted by Gasteiger charge is 2.30. The number of nitrogens with one attached hydrogen (secondary N) is 1. The quantitative estimate of drug-likeness (QED) is 0.498. The predicted molar refractivity (Wildman–Crippen MR) is 131 cm³/mol. The van der Waals surface area contributed by atoms with E-state index < -0.39 is 6.04 Å². The summed E-state index contributed by atoms with van der Waals surface area (Å²) in [7, 11) is 1.58. The first-order chi connectivity index (χ1) is 15.9. The second-order valence-electron chi connectivity index (χ2n) is 8.01. The Morgan fingerprint density at radius 3 is 2.33 bits per heavy atom. The average molecular weight is 465 g/mol. The summed E-state index contributed by atoms with van der Waals surface area (Å²) in [4.78, 5) is 27.9. The molecule has 0 radical (unpaired) electrons. The second-order valence-corrected chi connectivity index (χ2v) is 8.44. The molecule has 0 aliphatic heterocycles. The van der Waals surface area contributed by atoms with Crippen LogP contribution in [0.25, 0.3) is 0 Å². The average Bonchev–Trinajstić information content (AvgIpc) is 2.82. The monoisotopic (exact) mass is 464 g/mol. The maximum absolute atomic E-state index is 13.4. The standard InChI is InChI=1S/C27H29ClN2O3/c1-19-12-13-24(14-20(19)2)33-18-26(31)30(17-22-10-7-11-23(28)15-22)25(27(32)29-3)16-21-8-5-4-6-9-21/h4-15,25H,16-18H2,1-3H3,(H,29,32)/t25-/m0/s1. The van der Waals surface area contributed by atoms with E-state index in [-0.39, 0.29) is 25.0 Å². The smallest absolute Gasteiger partial charge is 0.261 e. The predicted octanol–water partition coefficient (Wildman–Crippen LogP) is 4.72. The molecule has 1 N–H and O–H groups in total. The van der Waals surface area contributed by atoms with Crippen LogP contribution in [-0.4, -0.2) is 36.4 Å². The van der Waals surface area contributed by atoms with Crippen molar-refractivity contribution < 1.29 is 14.3 Å². The second kappa shape index (κ2) is 11.5. The molecule has 6 heteroatoms. The fourth-order valence-corrected chi connectivity index (χ4v) is 3.80. The van der Waals surface area contributed by atoms with Gasteiger partial charge in [-0.2, -0.15) is 0 Å². The molecule has 0 aromatic heterocycles. The number of ether oxygens (including phenoxy) is 1. The molecule has 0 bridgehead atoms. The number of likely N-dealkylation sites (N-methyl/N-ethyl adjacent to an activating group) is 1. The zero-order valence-electron chi connectivity index (χ0n) is 19.2. The summed E-state index contributed by atoms with van der Waals surface area (Å²) in [6, 6.07) is 22.0. The highest BCUT2D eigenvalue weighted by Crippen LogP contribution is 2.19. The maximum atomic E-state index is 13.4. The van der Waals surface area contributed by atoms with Gasteiger partial charge in [-0.25, -0.2) is 0 Å². The van der Waals surface area contributed by atoms with Gasteiger partial charge in [0.25, 0.3) is 5.91 Å². The van der Waals surface area contributed by atoms with E-state index in [0.29, 0.717) is 17.2 Å². The zero-order valence-corrected chi connectivity index (χ0v) is 19.9. The number of aryl methyl sites for hydroxylation is 2. The third-order valence-electron chi connectivity index (χ3n) is 5.60. The Hall–Kier alpha value is -3.31. The van der Waals surface area contributed by atoms with E-state index in [1.165, 1.54) is 0 Å². The molecule has 2 amide bonds. The number of carbonyl (C=O) groups excluding carboxylic acids is 2. The lowest BCUT2D eigenvalue weighted by Crippen LogP contribution is -2.51. The molecule has 0 aliphatic rings. The van der Waals surface area contributed by atoms with Crippen molar-refractivity contribution in [3.8, 4) is 5.75 Å². The van der Waals surface area contributed by atoms with E-state index in [4.69, 9.17) is 16.3 Å². The Morgan fingerprint density at radius 1 is 0.939 bits per heavy atom. The molecule has 172 valence electrons. The van der Waals surface area contributed by atoms with Gasteiger partial charge in [-0.3, -0.25) is 9.59 Å². The fourth-order valence-electron chi connectivity index (χ4n) is 3.58. The van der Waals surface area contributed by atoms with Crippen LogP contribution < -0.4 is 10.1 Å². The molecule has 0 heterocycles. The Morgan fingerprint density at radius 2 is 1.67 bits per heavy atom. The maximum Gasteiger partial charge on any atom is 0.261 e. The van der Waals surface area contributed by atoms with Crippen LogP contribution in [0, 0.1) is 13.8 Å². The molecule has 0 saturated heterocycles. The van der Waals surface area contributed by atoms with Gasteiger partial charge in [-0.1, -0.05) is 60.1 Å². The molecule has 5 nitrogen and oxygen atoms in total. The third kappa shape index (κ3) is 6.83. The lowest BCUT2D eigenvalue weighted by Gasteiger charge is -2.31. The van der Waals surface area contributed by atoms with Crippen molar-refractivity contribution in [2.24, 2.45) is 0 Å². The van der Waals surface area contributed by atoms with Gasteiger partial charge >= 0.3 is 0 Å². The third-order valence-corrected chi connectivity index (χ3v) is 5.84. The minimum atomic E-state index is -0.702. The number of carbonyl (C=O) groups is 2. The summed E-state index contributed by atoms with van der Waals surface area (Å²) in [5.41, 5.74) is 4.04. The minimum absolute atomic E-state index is 0.175. The van der Waals surface area contributed by atoms with E-state index in [1.54, 1.807) is 24.1 Å². The zero-order chi connectivity index (χ0) is 23.8. The summed E-state index contributed by atoms with van der Waals surface area (Å²) < 4.78 is 5.81. The Labute approximate surface area is 200 Å². The lowest BCUT2D eigenvalue weighted by molar-refractivity contribution is -0.142. The van der Waals surface area contributed by atoms with Crippen LogP contribution in [0.3, 0.4) is 0 Å². The van der Waals surface area contributed by atoms with Crippen molar-refractivity contribution in [2.75, 3.05) is 13.7 Å². The number of nitrogens with zero attached hydrogens (tertiary/aromatic N) is 1. The van der Waals surface area contributed by atoms with Crippen LogP contribution in [-0.2, 0) is 22.6 Å². The van der Waals surface area contributed by atoms with Gasteiger partial charge in [0.2, 0.25) is 5.91 Å². The van der Waals surface area contributed by atoms with E-state index in [2.05, 4.69) is 5.32 Å². The number of amides is 2. The molecule has 0 fully saturated rings. The molecule has 1 atom stereocenters. The van der Waals surface area contributed by atoms with Crippen molar-refractivity contribution in [3.05, 3.63) is 100 Å². The topological polar surface area (TPSA) is 58.6 Å². The number of benzene rings is 3. The summed E-state index contributed by atoms with van der Waals surface area (Å²) in [5, 5.41) is 3.28. The largest absolute Gasteiger partial charge is 0.484 e. The normalized spacial score (nSPS) is 11.5. The molecule has 0 unspecified atom stereocenters. The number of rotatable bonds is 9. The number of hydrogen-bond donors (Lipinski definition) is 1. The molecule has 33 heavy (non-hydrogen) atoms. The summed E-state index contributed by atoms with van der Waals surface area (Å²) in [6.45, 7) is 4.08. The Balaban J connectivity index is 1.87. The van der Waals surface area contributed by atoms with Crippen molar-refractivity contribution in [3.63, 3.8) is 0 Å². The van der Waals surface area contributed by atoms with Crippen LogP contribution in [0.15, 0.2) is 72.8 Å². The first kappa shape index (κ1) is 24.3. The molecular weight excluding hydrogens is 436 g/mol. The fraction of sp³-hybridized carbons (Fsp3) is 0.259. The Kier molecular flexibility index (Phi) is 8.50. The molecule has 3 rings (SSSR count). The van der Waals surface area contributed by atoms with Gasteiger partial charge in [-0.05, 0) is 60.4 Å². The van der Waals surface area contributed by atoms with Crippen LogP contribution in [0.1, 0.15) is 22.3 Å². The van der Waals surface area contributed by atoms with Crippen molar-refractivity contribution in [2.45, 2.75) is 32.9 Å². The van der Waals surface area contributed by atoms with Crippen LogP contribution in [0.5, 0.6) is 5.75 Å². The first-order valence-corrected chi connectivity index (χ1v) is 11.2. The SMILES string of the molecule is CNC(=O)[C@H](Cc1ccccc1)N(Cc1cccc(Cl)c1)C(=O)COc1ccc(C)c(C)c1. The highest BCUT2D eigenvalue weighted by atomic mass is 35.5. The highest BCUT2D eigenvalue weighted by molar-refractivity contribution is 6.30. The summed E-state index contributed by atoms with van der Waals surface area (Å²) in [5.74, 6) is 0.104. The van der Waals surface area contributed by atoms with Gasteiger partial charge in [0.15, 0.2) is 6.61 Å². The molecule has 0 saturated carbocycles. The van der Waals surface area contributed by atoms with E-state index in [9.17, 15) is 9.59 Å². The van der Waals surface area contributed by atoms with Gasteiger partial charge in [-0.15, -0.1) is 0 Å². The van der Waals surface area contributed by atoms with Crippen LogP contribution >= 0.6 is 11.6 Å². The van der Waals surface area contributed by atoms with Crippen LogP contribution in [0.4, 0.5) is 0 Å². The lowest BCUT2D eigenvalue weighted by atomic mass is 10.0. The van der Waals surface area contributed by atoms with E-state index in [1.807, 2.05) is 74.5 Å². The Bertz CT molecular complexity index is 1100. The van der Waals surface area contributed by atoms with Gasteiger partial charge in [0.05, 0.1) is 0 Å². The van der Waals surface area contributed by atoms with E-state index in [0.717, 1.165) is 22.3 Å². The van der Waals surface area contributed by atoms with Crippen molar-refractivity contribution in [1.82, 2.24) is 10.2 Å². The molecule has 3 aromatic carbocycles. The molecular formula is C27H29ClN2O3. The van der Waals surface area contributed by atoms with E-state index >= 15 is 0 Å². The number of halogens is 1. The summed E-state index contributed by atoms with van der Waals surface area (Å²) >= 11 is 6.17. The van der Waals surface area contributed by atoms with Gasteiger partial charge < -0.3 is 15.0 Å². The van der Waals surface area contributed by atoms with Crippen molar-refractivity contribution >= 4 is 23.4 Å².